The molecule has 1 atom stereocenters. The number of hydrogen-bond acceptors (Lipinski definition) is 3. The van der Waals surface area contributed by atoms with Crippen molar-refractivity contribution < 1.29 is 9.59 Å². The molecule has 2 N–H and O–H groups in total. The molecule has 0 fully saturated rings. The molecular formula is C18H20N2O2S. The fourth-order valence-corrected chi connectivity index (χ4v) is 2.74. The van der Waals surface area contributed by atoms with Crippen molar-refractivity contribution in [1.29, 1.82) is 0 Å². The Hall–Kier alpha value is -2.27. The summed E-state index contributed by atoms with van der Waals surface area (Å²) in [5.41, 5.74) is 1.67. The van der Waals surface area contributed by atoms with E-state index in [1.54, 1.807) is 11.8 Å². The van der Waals surface area contributed by atoms with Crippen LogP contribution in [0.4, 0.5) is 5.69 Å². The maximum atomic E-state index is 12.3. The first kappa shape index (κ1) is 17.1. The van der Waals surface area contributed by atoms with Gasteiger partial charge in [-0.2, -0.15) is 0 Å². The first-order valence-electron chi connectivity index (χ1n) is 7.34. The van der Waals surface area contributed by atoms with E-state index in [9.17, 15) is 9.59 Å². The topological polar surface area (TPSA) is 58.2 Å². The van der Waals surface area contributed by atoms with Crippen LogP contribution in [0, 0.1) is 0 Å². The fraction of sp³-hybridized carbons (Fsp3) is 0.222. The average Bonchev–Trinajstić information content (AvgIpc) is 2.54. The minimum Gasteiger partial charge on any atom is -0.349 e. The number of carbonyl (C=O) groups excluding carboxylic acids is 2. The van der Waals surface area contributed by atoms with Crippen LogP contribution in [-0.4, -0.2) is 18.1 Å². The normalized spacial score (nSPS) is 11.6. The van der Waals surface area contributed by atoms with Crippen molar-refractivity contribution in [1.82, 2.24) is 5.32 Å². The van der Waals surface area contributed by atoms with Gasteiger partial charge < -0.3 is 10.6 Å². The third-order valence-corrected chi connectivity index (χ3v) is 4.05. The highest BCUT2D eigenvalue weighted by atomic mass is 32.2. The summed E-state index contributed by atoms with van der Waals surface area (Å²) in [5, 5.41) is 5.72. The second-order valence-corrected chi connectivity index (χ2v) is 6.03. The molecule has 0 heterocycles. The van der Waals surface area contributed by atoms with Crippen LogP contribution in [0.25, 0.3) is 0 Å². The van der Waals surface area contributed by atoms with Crippen molar-refractivity contribution in [3.8, 4) is 0 Å². The maximum absolute atomic E-state index is 12.3. The second kappa shape index (κ2) is 8.39. The Balaban J connectivity index is 2.06. The van der Waals surface area contributed by atoms with Crippen molar-refractivity contribution in [3.05, 3.63) is 60.2 Å². The lowest BCUT2D eigenvalue weighted by Crippen LogP contribution is -2.29. The van der Waals surface area contributed by atoms with Gasteiger partial charge >= 0.3 is 0 Å². The van der Waals surface area contributed by atoms with Crippen molar-refractivity contribution in [2.24, 2.45) is 0 Å². The van der Waals surface area contributed by atoms with Crippen LogP contribution in [0.2, 0.25) is 0 Å². The fourth-order valence-electron chi connectivity index (χ4n) is 2.28. The van der Waals surface area contributed by atoms with Gasteiger partial charge in [0.1, 0.15) is 0 Å². The molecule has 0 saturated heterocycles. The van der Waals surface area contributed by atoms with Crippen LogP contribution in [0.15, 0.2) is 59.5 Å². The third-order valence-electron chi connectivity index (χ3n) is 3.32. The standard InChI is InChI=1S/C18H20N2O2S/c1-13(21)19-17(14-7-4-3-5-8-14)12-18(22)20-15-9-6-10-16(11-15)23-2/h3-11,17H,12H2,1-2H3,(H,19,21)(H,20,22)/t17-/m1/s1. The number of rotatable bonds is 6. The van der Waals surface area contributed by atoms with Crippen molar-refractivity contribution in [2.75, 3.05) is 11.6 Å². The molecule has 2 aromatic carbocycles. The van der Waals surface area contributed by atoms with Crippen molar-refractivity contribution in [3.63, 3.8) is 0 Å². The Morgan fingerprint density at radius 1 is 1.09 bits per heavy atom. The van der Waals surface area contributed by atoms with Gasteiger partial charge in [0.2, 0.25) is 11.8 Å². The van der Waals surface area contributed by atoms with Crippen molar-refractivity contribution in [2.45, 2.75) is 24.3 Å². The lowest BCUT2D eigenvalue weighted by molar-refractivity contribution is -0.120. The van der Waals surface area contributed by atoms with Gasteiger partial charge in [-0.15, -0.1) is 11.8 Å². The SMILES string of the molecule is CSc1cccc(NC(=O)C[C@@H](NC(C)=O)c2ccccc2)c1. The van der Waals surface area contributed by atoms with Crippen LogP contribution in [0.3, 0.4) is 0 Å². The predicted molar refractivity (Wildman–Crippen MR) is 94.5 cm³/mol. The molecular weight excluding hydrogens is 308 g/mol. The van der Waals surface area contributed by atoms with Crippen LogP contribution in [-0.2, 0) is 9.59 Å². The first-order chi connectivity index (χ1) is 11.1. The molecule has 2 amide bonds. The molecule has 23 heavy (non-hydrogen) atoms. The summed E-state index contributed by atoms with van der Waals surface area (Å²) in [6.45, 7) is 1.45. The molecule has 2 aromatic rings. The van der Waals surface area contributed by atoms with E-state index >= 15 is 0 Å². The second-order valence-electron chi connectivity index (χ2n) is 5.15. The summed E-state index contributed by atoms with van der Waals surface area (Å²) in [4.78, 5) is 24.8. The van der Waals surface area contributed by atoms with Gasteiger partial charge in [-0.3, -0.25) is 9.59 Å². The highest BCUT2D eigenvalue weighted by Crippen LogP contribution is 2.21. The van der Waals surface area contributed by atoms with E-state index in [0.717, 1.165) is 16.1 Å². The summed E-state index contributed by atoms with van der Waals surface area (Å²) in [7, 11) is 0. The average molecular weight is 328 g/mol. The molecule has 0 radical (unpaired) electrons. The zero-order valence-electron chi connectivity index (χ0n) is 13.2. The zero-order chi connectivity index (χ0) is 16.7. The van der Waals surface area contributed by atoms with E-state index in [1.807, 2.05) is 60.9 Å². The van der Waals surface area contributed by atoms with Crippen LogP contribution >= 0.6 is 11.8 Å². The molecule has 0 aliphatic rings. The van der Waals surface area contributed by atoms with Crippen LogP contribution < -0.4 is 10.6 Å². The smallest absolute Gasteiger partial charge is 0.226 e. The third kappa shape index (κ3) is 5.45. The van der Waals surface area contributed by atoms with E-state index < -0.39 is 0 Å². The predicted octanol–water partition coefficient (Wildman–Crippen LogP) is 3.61. The number of benzene rings is 2. The number of hydrogen-bond donors (Lipinski definition) is 2. The van der Waals surface area contributed by atoms with Gasteiger partial charge in [-0.25, -0.2) is 0 Å². The number of nitrogens with one attached hydrogen (secondary N) is 2. The van der Waals surface area contributed by atoms with Crippen LogP contribution in [0.1, 0.15) is 24.9 Å². The van der Waals surface area contributed by atoms with Gasteiger partial charge in [0.05, 0.1) is 12.5 Å². The van der Waals surface area contributed by atoms with E-state index in [1.165, 1.54) is 6.92 Å². The van der Waals surface area contributed by atoms with E-state index in [0.29, 0.717) is 0 Å². The zero-order valence-corrected chi connectivity index (χ0v) is 14.0. The summed E-state index contributed by atoms with van der Waals surface area (Å²) >= 11 is 1.62. The highest BCUT2D eigenvalue weighted by molar-refractivity contribution is 7.98. The van der Waals surface area contributed by atoms with Gasteiger partial charge in [-0.05, 0) is 30.0 Å². The molecule has 0 saturated carbocycles. The van der Waals surface area contributed by atoms with E-state index in [-0.39, 0.29) is 24.3 Å². The minimum absolute atomic E-state index is 0.133. The summed E-state index contributed by atoms with van der Waals surface area (Å²) in [6, 6.07) is 16.8. The lowest BCUT2D eigenvalue weighted by Gasteiger charge is -2.18. The lowest BCUT2D eigenvalue weighted by atomic mass is 10.0. The Kier molecular flexibility index (Phi) is 6.23. The molecule has 0 aromatic heterocycles. The number of amides is 2. The number of carbonyl (C=O) groups is 2. The monoisotopic (exact) mass is 328 g/mol. The number of anilines is 1. The largest absolute Gasteiger partial charge is 0.349 e. The quantitative estimate of drug-likeness (QED) is 0.796. The highest BCUT2D eigenvalue weighted by Gasteiger charge is 2.17. The molecule has 2 rings (SSSR count). The molecule has 0 bridgehead atoms. The Morgan fingerprint density at radius 2 is 1.83 bits per heavy atom. The van der Waals surface area contributed by atoms with E-state index in [4.69, 9.17) is 0 Å². The van der Waals surface area contributed by atoms with Crippen LogP contribution in [0.5, 0.6) is 0 Å². The van der Waals surface area contributed by atoms with Crippen molar-refractivity contribution >= 4 is 29.3 Å². The van der Waals surface area contributed by atoms with Gasteiger partial charge in [0.15, 0.2) is 0 Å². The maximum Gasteiger partial charge on any atom is 0.226 e. The molecule has 5 heteroatoms. The Labute approximate surface area is 140 Å². The van der Waals surface area contributed by atoms with Gasteiger partial charge in [-0.1, -0.05) is 36.4 Å². The summed E-state index contributed by atoms with van der Waals surface area (Å²) < 4.78 is 0. The molecule has 0 spiro atoms. The Bertz CT molecular complexity index is 674. The van der Waals surface area contributed by atoms with Gasteiger partial charge in [0.25, 0.3) is 0 Å². The molecule has 0 aliphatic heterocycles. The van der Waals surface area contributed by atoms with E-state index in [2.05, 4.69) is 10.6 Å². The molecule has 120 valence electrons. The summed E-state index contributed by atoms with van der Waals surface area (Å²) in [6.07, 6.45) is 2.18. The molecule has 4 nitrogen and oxygen atoms in total. The molecule has 0 unspecified atom stereocenters. The summed E-state index contributed by atoms with van der Waals surface area (Å²) in [5.74, 6) is -0.290. The molecule has 0 aliphatic carbocycles. The van der Waals surface area contributed by atoms with Gasteiger partial charge in [0, 0.05) is 17.5 Å². The first-order valence-corrected chi connectivity index (χ1v) is 8.57. The Morgan fingerprint density at radius 3 is 2.48 bits per heavy atom. The minimum atomic E-state index is -0.336. The number of thioether (sulfide) groups is 1.